The molecular weight excluding hydrogens is 191 g/mol. The van der Waals surface area contributed by atoms with E-state index < -0.39 is 6.17 Å². The third-order valence-electron chi connectivity index (χ3n) is 2.34. The van der Waals surface area contributed by atoms with Crippen molar-refractivity contribution in [2.45, 2.75) is 38.8 Å². The van der Waals surface area contributed by atoms with Crippen LogP contribution in [0.1, 0.15) is 32.6 Å². The van der Waals surface area contributed by atoms with Crippen LogP contribution in [0.5, 0.6) is 0 Å². The zero-order chi connectivity index (χ0) is 11.1. The monoisotopic (exact) mass is 208 g/mol. The SMILES string of the molecule is CC/C=C\C[C@H](F)C/C=C1\CC=CC1=O. The minimum Gasteiger partial charge on any atom is -0.290 e. The third-order valence-corrected chi connectivity index (χ3v) is 2.34. The molecule has 0 aromatic carbocycles. The molecule has 0 amide bonds. The summed E-state index contributed by atoms with van der Waals surface area (Å²) in [5.74, 6) is 0.0336. The normalized spacial score (nSPS) is 20.7. The number of rotatable bonds is 5. The maximum atomic E-state index is 13.3. The van der Waals surface area contributed by atoms with Crippen molar-refractivity contribution in [3.05, 3.63) is 36.0 Å². The Morgan fingerprint density at radius 2 is 2.27 bits per heavy atom. The van der Waals surface area contributed by atoms with E-state index in [1.54, 1.807) is 12.2 Å². The lowest BCUT2D eigenvalue weighted by atomic mass is 10.1. The summed E-state index contributed by atoms with van der Waals surface area (Å²) in [5, 5.41) is 0. The molecule has 0 unspecified atom stereocenters. The molecular formula is C13H17FO. The summed E-state index contributed by atoms with van der Waals surface area (Å²) >= 11 is 0. The highest BCUT2D eigenvalue weighted by molar-refractivity contribution is 6.06. The van der Waals surface area contributed by atoms with Crippen molar-refractivity contribution in [2.75, 3.05) is 0 Å². The average Bonchev–Trinajstić information content (AvgIpc) is 2.61. The van der Waals surface area contributed by atoms with Gasteiger partial charge in [-0.2, -0.15) is 0 Å². The highest BCUT2D eigenvalue weighted by Crippen LogP contribution is 2.16. The predicted molar refractivity (Wildman–Crippen MR) is 60.4 cm³/mol. The van der Waals surface area contributed by atoms with E-state index in [1.165, 1.54) is 0 Å². The number of ketones is 1. The van der Waals surface area contributed by atoms with E-state index in [1.807, 2.05) is 25.2 Å². The summed E-state index contributed by atoms with van der Waals surface area (Å²) in [6.45, 7) is 2.02. The highest BCUT2D eigenvalue weighted by atomic mass is 19.1. The molecule has 1 nitrogen and oxygen atoms in total. The van der Waals surface area contributed by atoms with Gasteiger partial charge in [0.25, 0.3) is 0 Å². The van der Waals surface area contributed by atoms with Gasteiger partial charge in [0.05, 0.1) is 0 Å². The molecule has 0 fully saturated rings. The van der Waals surface area contributed by atoms with Gasteiger partial charge in [-0.25, -0.2) is 4.39 Å². The molecule has 0 spiro atoms. The minimum absolute atomic E-state index is 0.0336. The van der Waals surface area contributed by atoms with Gasteiger partial charge in [0.2, 0.25) is 0 Å². The molecule has 0 N–H and O–H groups in total. The number of alkyl halides is 1. The number of carbonyl (C=O) groups excluding carboxylic acids is 1. The van der Waals surface area contributed by atoms with Crippen LogP contribution in [0.3, 0.4) is 0 Å². The quantitative estimate of drug-likeness (QED) is 0.499. The molecule has 0 heterocycles. The van der Waals surface area contributed by atoms with Crippen molar-refractivity contribution in [3.8, 4) is 0 Å². The molecule has 0 radical (unpaired) electrons. The Morgan fingerprint density at radius 1 is 1.47 bits per heavy atom. The second kappa shape index (κ2) is 6.33. The first kappa shape index (κ1) is 11.9. The summed E-state index contributed by atoms with van der Waals surface area (Å²) in [6.07, 6.45) is 10.4. The Balaban J connectivity index is 2.30. The standard InChI is InChI=1S/C13H17FO/c1-2-3-4-7-12(14)10-9-11-6-5-8-13(11)15/h3-5,8-9,12H,2,6-7,10H2,1H3/b4-3-,11-9+/t12-/m0/s1. The summed E-state index contributed by atoms with van der Waals surface area (Å²) in [4.78, 5) is 11.2. The predicted octanol–water partition coefficient (Wildman–Crippen LogP) is 3.53. The second-order valence-corrected chi connectivity index (χ2v) is 3.65. The number of allylic oxidation sites excluding steroid dienone is 6. The van der Waals surface area contributed by atoms with Crippen molar-refractivity contribution in [1.29, 1.82) is 0 Å². The molecule has 2 heteroatoms. The first-order chi connectivity index (χ1) is 7.24. The zero-order valence-corrected chi connectivity index (χ0v) is 9.08. The van der Waals surface area contributed by atoms with E-state index >= 15 is 0 Å². The number of hydrogen-bond acceptors (Lipinski definition) is 1. The topological polar surface area (TPSA) is 17.1 Å². The van der Waals surface area contributed by atoms with Gasteiger partial charge in [0, 0.05) is 0 Å². The molecule has 15 heavy (non-hydrogen) atoms. The van der Waals surface area contributed by atoms with Gasteiger partial charge < -0.3 is 0 Å². The third kappa shape index (κ3) is 4.24. The zero-order valence-electron chi connectivity index (χ0n) is 9.08. The lowest BCUT2D eigenvalue weighted by Gasteiger charge is -2.01. The Bertz CT molecular complexity index is 300. The van der Waals surface area contributed by atoms with E-state index in [9.17, 15) is 9.18 Å². The number of hydrogen-bond donors (Lipinski definition) is 0. The van der Waals surface area contributed by atoms with E-state index in [2.05, 4.69) is 0 Å². The Kier molecular flexibility index (Phi) is 5.02. The largest absolute Gasteiger partial charge is 0.290 e. The Hall–Kier alpha value is -1.18. The summed E-state index contributed by atoms with van der Waals surface area (Å²) in [7, 11) is 0. The highest BCUT2D eigenvalue weighted by Gasteiger charge is 2.11. The van der Waals surface area contributed by atoms with Crippen LogP contribution >= 0.6 is 0 Å². The number of carbonyl (C=O) groups is 1. The average molecular weight is 208 g/mol. The molecule has 0 aliphatic heterocycles. The van der Waals surface area contributed by atoms with Crippen LogP contribution in [0, 0.1) is 0 Å². The molecule has 1 aliphatic rings. The Labute approximate surface area is 90.4 Å². The van der Waals surface area contributed by atoms with Gasteiger partial charge >= 0.3 is 0 Å². The molecule has 0 saturated heterocycles. The molecule has 0 aromatic rings. The molecule has 0 saturated carbocycles. The van der Waals surface area contributed by atoms with Crippen LogP contribution in [-0.2, 0) is 4.79 Å². The van der Waals surface area contributed by atoms with Crippen LogP contribution in [0.4, 0.5) is 4.39 Å². The van der Waals surface area contributed by atoms with Gasteiger partial charge in [0.15, 0.2) is 5.78 Å². The minimum atomic E-state index is -0.867. The smallest absolute Gasteiger partial charge is 0.181 e. The van der Waals surface area contributed by atoms with E-state index in [0.29, 0.717) is 19.3 Å². The molecule has 1 rings (SSSR count). The number of halogens is 1. The van der Waals surface area contributed by atoms with E-state index in [0.717, 1.165) is 12.0 Å². The maximum absolute atomic E-state index is 13.3. The van der Waals surface area contributed by atoms with Crippen molar-refractivity contribution in [1.82, 2.24) is 0 Å². The summed E-state index contributed by atoms with van der Waals surface area (Å²) < 4.78 is 13.3. The van der Waals surface area contributed by atoms with Crippen molar-refractivity contribution in [2.24, 2.45) is 0 Å². The van der Waals surface area contributed by atoms with Gasteiger partial charge in [0.1, 0.15) is 6.17 Å². The van der Waals surface area contributed by atoms with E-state index in [4.69, 9.17) is 0 Å². The van der Waals surface area contributed by atoms with Crippen molar-refractivity contribution < 1.29 is 9.18 Å². The van der Waals surface area contributed by atoms with Gasteiger partial charge in [-0.05, 0) is 37.3 Å². The van der Waals surface area contributed by atoms with E-state index in [-0.39, 0.29) is 5.78 Å². The molecule has 0 aromatic heterocycles. The fourth-order valence-electron chi connectivity index (χ4n) is 1.46. The van der Waals surface area contributed by atoms with Crippen LogP contribution in [0.25, 0.3) is 0 Å². The van der Waals surface area contributed by atoms with Gasteiger partial charge in [-0.3, -0.25) is 4.79 Å². The van der Waals surface area contributed by atoms with Crippen molar-refractivity contribution >= 4 is 5.78 Å². The lowest BCUT2D eigenvalue weighted by molar-refractivity contribution is -0.111. The van der Waals surface area contributed by atoms with Crippen molar-refractivity contribution in [3.63, 3.8) is 0 Å². The molecule has 0 bridgehead atoms. The summed E-state index contributed by atoms with van der Waals surface area (Å²) in [6, 6.07) is 0. The second-order valence-electron chi connectivity index (χ2n) is 3.65. The summed E-state index contributed by atoms with van der Waals surface area (Å²) in [5.41, 5.74) is 0.733. The first-order valence-corrected chi connectivity index (χ1v) is 5.43. The lowest BCUT2D eigenvalue weighted by Crippen LogP contribution is -1.98. The van der Waals surface area contributed by atoms with Gasteiger partial charge in [-0.15, -0.1) is 0 Å². The molecule has 1 aliphatic carbocycles. The maximum Gasteiger partial charge on any atom is 0.181 e. The van der Waals surface area contributed by atoms with Crippen LogP contribution < -0.4 is 0 Å². The molecule has 1 atom stereocenters. The van der Waals surface area contributed by atoms with Crippen LogP contribution in [0.15, 0.2) is 36.0 Å². The van der Waals surface area contributed by atoms with Crippen LogP contribution in [-0.4, -0.2) is 12.0 Å². The van der Waals surface area contributed by atoms with Gasteiger partial charge in [-0.1, -0.05) is 31.2 Å². The molecule has 82 valence electrons. The van der Waals surface area contributed by atoms with Crippen LogP contribution in [0.2, 0.25) is 0 Å². The Morgan fingerprint density at radius 3 is 2.87 bits per heavy atom. The fourth-order valence-corrected chi connectivity index (χ4v) is 1.46. The fraction of sp³-hybridized carbons (Fsp3) is 0.462. The first-order valence-electron chi connectivity index (χ1n) is 5.43.